The number of aliphatic carboxylic acids is 1. The number of unbranched alkanes of at least 4 members (excludes halogenated alkanes) is 7. The summed E-state index contributed by atoms with van der Waals surface area (Å²) in [6.07, 6.45) is 26.2. The third-order valence-electron chi connectivity index (χ3n) is 3.97. The molecule has 0 unspecified atom stereocenters. The van der Waals surface area contributed by atoms with Crippen molar-refractivity contribution in [2.45, 2.75) is 58.3 Å². The molecule has 0 aliphatic carbocycles. The minimum atomic E-state index is -1.97. The SMILES string of the molecule is CCCCCCCCCC=CC=CC=CC=CC=CC(=C(C(=O)O)[N+](=O)[O-])[N+](=O)[O-]. The Morgan fingerprint density at radius 2 is 1.27 bits per heavy atom. The molecule has 0 aromatic heterocycles. The smallest absolute Gasteiger partial charge is 0.429 e. The highest BCUT2D eigenvalue weighted by Crippen LogP contribution is 2.09. The van der Waals surface area contributed by atoms with E-state index in [1.807, 2.05) is 18.2 Å². The van der Waals surface area contributed by atoms with Gasteiger partial charge in [-0.2, -0.15) is 0 Å². The van der Waals surface area contributed by atoms with E-state index in [1.54, 1.807) is 18.2 Å². The standard InChI is InChI=1S/C22H30N2O6/c1-2-3-4-5-6-7-8-9-10-11-12-13-14-15-16-17-18-19-20(23(27)28)21(22(25)26)24(29)30/h10-19H,2-9H2,1H3,(H,25,26). The van der Waals surface area contributed by atoms with Crippen LogP contribution in [0.4, 0.5) is 0 Å². The van der Waals surface area contributed by atoms with Crippen molar-refractivity contribution in [2.24, 2.45) is 0 Å². The van der Waals surface area contributed by atoms with E-state index in [1.165, 1.54) is 57.1 Å². The molecule has 0 heterocycles. The Morgan fingerprint density at radius 3 is 1.77 bits per heavy atom. The molecule has 0 saturated heterocycles. The molecule has 164 valence electrons. The average Bonchev–Trinajstić information content (AvgIpc) is 2.68. The van der Waals surface area contributed by atoms with Crippen molar-refractivity contribution in [1.29, 1.82) is 0 Å². The van der Waals surface area contributed by atoms with E-state index in [2.05, 4.69) is 13.0 Å². The number of carboxylic acids is 1. The summed E-state index contributed by atoms with van der Waals surface area (Å²) in [6.45, 7) is 2.22. The zero-order valence-electron chi connectivity index (χ0n) is 17.3. The topological polar surface area (TPSA) is 124 Å². The van der Waals surface area contributed by atoms with Gasteiger partial charge < -0.3 is 5.11 Å². The van der Waals surface area contributed by atoms with Crippen molar-refractivity contribution < 1.29 is 19.7 Å². The lowest BCUT2D eigenvalue weighted by molar-refractivity contribution is -0.464. The number of carboxylic acid groups (broad SMARTS) is 1. The number of allylic oxidation sites excluding steroid dienone is 10. The molecule has 0 amide bonds. The highest BCUT2D eigenvalue weighted by Gasteiger charge is 2.33. The molecule has 8 heteroatoms. The second-order valence-electron chi connectivity index (χ2n) is 6.41. The maximum Gasteiger partial charge on any atom is 0.429 e. The molecule has 0 spiro atoms. The van der Waals surface area contributed by atoms with Gasteiger partial charge in [-0.15, -0.1) is 0 Å². The average molecular weight is 418 g/mol. The Bertz CT molecular complexity index is 714. The highest BCUT2D eigenvalue weighted by molar-refractivity contribution is 5.84. The molecule has 0 bridgehead atoms. The molecular formula is C22H30N2O6. The lowest BCUT2D eigenvalue weighted by Gasteiger charge is -1.98. The third-order valence-corrected chi connectivity index (χ3v) is 3.97. The van der Waals surface area contributed by atoms with Crippen LogP contribution >= 0.6 is 0 Å². The lowest BCUT2D eigenvalue weighted by atomic mass is 10.1. The van der Waals surface area contributed by atoms with Gasteiger partial charge in [0.25, 0.3) is 0 Å². The molecule has 0 radical (unpaired) electrons. The van der Waals surface area contributed by atoms with Gasteiger partial charge in [-0.3, -0.25) is 20.2 Å². The summed E-state index contributed by atoms with van der Waals surface area (Å²) in [6, 6.07) is 0. The van der Waals surface area contributed by atoms with Crippen molar-refractivity contribution in [3.8, 4) is 0 Å². The second-order valence-corrected chi connectivity index (χ2v) is 6.41. The molecule has 0 saturated carbocycles. The Kier molecular flexibility index (Phi) is 15.8. The normalized spacial score (nSPS) is 13.2. The van der Waals surface area contributed by atoms with Crippen molar-refractivity contribution in [3.63, 3.8) is 0 Å². The second kappa shape index (κ2) is 17.8. The molecule has 0 rings (SSSR count). The number of carbonyl (C=O) groups is 1. The van der Waals surface area contributed by atoms with Gasteiger partial charge in [0.15, 0.2) is 0 Å². The lowest BCUT2D eigenvalue weighted by Crippen LogP contribution is -2.16. The number of hydrogen-bond acceptors (Lipinski definition) is 5. The maximum atomic E-state index is 10.8. The highest BCUT2D eigenvalue weighted by atomic mass is 16.6. The minimum Gasteiger partial charge on any atom is -0.473 e. The Labute approximate surface area is 177 Å². The first-order chi connectivity index (χ1) is 14.4. The predicted molar refractivity (Wildman–Crippen MR) is 117 cm³/mol. The van der Waals surface area contributed by atoms with Gasteiger partial charge in [0.1, 0.15) is 0 Å². The number of hydrogen-bond donors (Lipinski definition) is 1. The molecule has 0 fully saturated rings. The molecule has 0 atom stereocenters. The van der Waals surface area contributed by atoms with E-state index in [0.29, 0.717) is 0 Å². The first-order valence-corrected chi connectivity index (χ1v) is 10.0. The van der Waals surface area contributed by atoms with Gasteiger partial charge >= 0.3 is 17.4 Å². The first kappa shape index (κ1) is 26.7. The summed E-state index contributed by atoms with van der Waals surface area (Å²) in [5.41, 5.74) is -2.57. The van der Waals surface area contributed by atoms with Crippen LogP contribution in [0.1, 0.15) is 58.3 Å². The Morgan fingerprint density at radius 1 is 0.767 bits per heavy atom. The maximum absolute atomic E-state index is 10.8. The molecule has 0 aliphatic heterocycles. The van der Waals surface area contributed by atoms with Crippen LogP contribution in [-0.2, 0) is 4.79 Å². The summed E-state index contributed by atoms with van der Waals surface area (Å²) in [4.78, 5) is 29.9. The van der Waals surface area contributed by atoms with Crippen LogP contribution in [0.2, 0.25) is 0 Å². The van der Waals surface area contributed by atoms with Crippen molar-refractivity contribution >= 4 is 5.97 Å². The zero-order valence-corrected chi connectivity index (χ0v) is 17.3. The van der Waals surface area contributed by atoms with E-state index in [-0.39, 0.29) is 0 Å². The van der Waals surface area contributed by atoms with E-state index < -0.39 is 27.2 Å². The van der Waals surface area contributed by atoms with Gasteiger partial charge in [-0.1, -0.05) is 100 Å². The van der Waals surface area contributed by atoms with Crippen LogP contribution in [0.25, 0.3) is 0 Å². The van der Waals surface area contributed by atoms with Crippen molar-refractivity contribution in [3.05, 3.63) is 92.4 Å². The van der Waals surface area contributed by atoms with E-state index in [9.17, 15) is 25.0 Å². The molecule has 0 aromatic carbocycles. The predicted octanol–water partition coefficient (Wildman–Crippen LogP) is 5.76. The van der Waals surface area contributed by atoms with Gasteiger partial charge in [-0.25, -0.2) is 4.79 Å². The van der Waals surface area contributed by atoms with Crippen LogP contribution in [0.5, 0.6) is 0 Å². The molecule has 0 aromatic rings. The van der Waals surface area contributed by atoms with Crippen molar-refractivity contribution in [2.75, 3.05) is 0 Å². The summed E-state index contributed by atoms with van der Waals surface area (Å²) in [5, 5.41) is 30.2. The Balaban J connectivity index is 4.31. The summed E-state index contributed by atoms with van der Waals surface area (Å²) in [7, 11) is 0. The van der Waals surface area contributed by atoms with E-state index in [4.69, 9.17) is 5.11 Å². The molecule has 1 N–H and O–H groups in total. The monoisotopic (exact) mass is 418 g/mol. The van der Waals surface area contributed by atoms with Gasteiger partial charge in [0, 0.05) is 6.08 Å². The quantitative estimate of drug-likeness (QED) is 0.112. The first-order valence-electron chi connectivity index (χ1n) is 10.0. The number of rotatable bonds is 16. The largest absolute Gasteiger partial charge is 0.473 e. The fraction of sp³-hybridized carbons (Fsp3) is 0.409. The fourth-order valence-electron chi connectivity index (χ4n) is 2.43. The minimum absolute atomic E-state index is 0.777. The van der Waals surface area contributed by atoms with Gasteiger partial charge in [0.2, 0.25) is 0 Å². The fourth-order valence-corrected chi connectivity index (χ4v) is 2.43. The summed E-state index contributed by atoms with van der Waals surface area (Å²) < 4.78 is 0. The molecule has 8 nitrogen and oxygen atoms in total. The molecule has 0 aliphatic rings. The molecule has 30 heavy (non-hydrogen) atoms. The summed E-state index contributed by atoms with van der Waals surface area (Å²) in [5.74, 6) is -1.97. The number of nitro groups is 2. The third kappa shape index (κ3) is 13.8. The van der Waals surface area contributed by atoms with Crippen LogP contribution in [0.3, 0.4) is 0 Å². The van der Waals surface area contributed by atoms with Crippen molar-refractivity contribution in [1.82, 2.24) is 0 Å². The van der Waals surface area contributed by atoms with E-state index in [0.717, 1.165) is 12.5 Å². The zero-order chi connectivity index (χ0) is 22.6. The molecular weight excluding hydrogens is 388 g/mol. The number of nitrogens with zero attached hydrogens (tertiary/aromatic N) is 2. The van der Waals surface area contributed by atoms with E-state index >= 15 is 0 Å². The van der Waals surface area contributed by atoms with Crippen LogP contribution in [0, 0.1) is 20.2 Å². The summed E-state index contributed by atoms with van der Waals surface area (Å²) >= 11 is 0. The van der Waals surface area contributed by atoms with Crippen LogP contribution in [-0.4, -0.2) is 20.9 Å². The van der Waals surface area contributed by atoms with Crippen LogP contribution < -0.4 is 0 Å². The van der Waals surface area contributed by atoms with Gasteiger partial charge in [0.05, 0.1) is 9.85 Å². The van der Waals surface area contributed by atoms with Crippen LogP contribution in [0.15, 0.2) is 72.2 Å². The Hall–Kier alpha value is -3.29. The van der Waals surface area contributed by atoms with Gasteiger partial charge in [-0.05, 0) is 12.8 Å².